The number of nitrogens with one attached hydrogen (secondary N) is 1. The van der Waals surface area contributed by atoms with Gasteiger partial charge in [-0.1, -0.05) is 0 Å². The van der Waals surface area contributed by atoms with E-state index < -0.39 is 0 Å². The Bertz CT molecular complexity index is 458. The molecule has 2 rings (SSSR count). The van der Waals surface area contributed by atoms with E-state index in [1.807, 2.05) is 20.0 Å². The van der Waals surface area contributed by atoms with Crippen LogP contribution in [-0.2, 0) is 4.74 Å². The molecule has 0 saturated carbocycles. The van der Waals surface area contributed by atoms with Crippen molar-refractivity contribution in [2.45, 2.75) is 38.8 Å². The summed E-state index contributed by atoms with van der Waals surface area (Å²) in [4.78, 5) is 2.29. The molecule has 1 aromatic carbocycles. The summed E-state index contributed by atoms with van der Waals surface area (Å²) in [5, 5.41) is 3.21. The van der Waals surface area contributed by atoms with Gasteiger partial charge in [-0.2, -0.15) is 0 Å². The summed E-state index contributed by atoms with van der Waals surface area (Å²) in [6.45, 7) is 5.51. The third kappa shape index (κ3) is 3.13. The first-order chi connectivity index (χ1) is 9.54. The smallest absolute Gasteiger partial charge is 0.126 e. The lowest BCUT2D eigenvalue weighted by Crippen LogP contribution is -2.37. The molecule has 1 atom stereocenters. The monoisotopic (exact) mass is 280 g/mol. The van der Waals surface area contributed by atoms with E-state index in [0.717, 1.165) is 37.3 Å². The second-order valence-corrected chi connectivity index (χ2v) is 5.63. The fourth-order valence-corrected chi connectivity index (χ4v) is 2.76. The maximum absolute atomic E-state index is 13.9. The molecule has 1 fully saturated rings. The summed E-state index contributed by atoms with van der Waals surface area (Å²) in [7, 11) is 4.01. The van der Waals surface area contributed by atoms with Crippen molar-refractivity contribution in [3.63, 3.8) is 0 Å². The van der Waals surface area contributed by atoms with Crippen molar-refractivity contribution in [3.8, 4) is 0 Å². The lowest BCUT2D eigenvalue weighted by Gasteiger charge is -2.35. The number of rotatable bonds is 4. The van der Waals surface area contributed by atoms with Gasteiger partial charge in [0.2, 0.25) is 0 Å². The lowest BCUT2D eigenvalue weighted by atomic mass is 9.99. The fourth-order valence-electron chi connectivity index (χ4n) is 2.76. The minimum Gasteiger partial charge on any atom is -0.381 e. The molecule has 1 heterocycles. The molecule has 0 radical (unpaired) electrons. The Morgan fingerprint density at radius 2 is 2.00 bits per heavy atom. The summed E-state index contributed by atoms with van der Waals surface area (Å²) in [5.41, 5.74) is 2.84. The van der Waals surface area contributed by atoms with E-state index >= 15 is 0 Å². The van der Waals surface area contributed by atoms with Gasteiger partial charge in [-0.3, -0.25) is 0 Å². The zero-order valence-electron chi connectivity index (χ0n) is 12.9. The topological polar surface area (TPSA) is 24.5 Å². The quantitative estimate of drug-likeness (QED) is 0.917. The van der Waals surface area contributed by atoms with Crippen molar-refractivity contribution in [2.75, 3.05) is 32.2 Å². The molecule has 1 N–H and O–H groups in total. The first-order valence-electron chi connectivity index (χ1n) is 7.32. The molecule has 1 unspecified atom stereocenters. The molecular weight excluding hydrogens is 255 g/mol. The highest BCUT2D eigenvalue weighted by Gasteiger charge is 2.23. The maximum atomic E-state index is 13.9. The molecule has 1 aliphatic rings. The van der Waals surface area contributed by atoms with E-state index in [0.29, 0.717) is 11.6 Å². The van der Waals surface area contributed by atoms with Crippen molar-refractivity contribution in [3.05, 3.63) is 29.1 Å². The molecule has 0 aromatic heterocycles. The molecule has 112 valence electrons. The Labute approximate surface area is 121 Å². The second kappa shape index (κ2) is 6.55. The van der Waals surface area contributed by atoms with Gasteiger partial charge in [-0.15, -0.1) is 0 Å². The van der Waals surface area contributed by atoms with Gasteiger partial charge in [0.1, 0.15) is 5.82 Å². The summed E-state index contributed by atoms with van der Waals surface area (Å²) >= 11 is 0. The Kier molecular flexibility index (Phi) is 5.00. The predicted octanol–water partition coefficient (Wildman–Crippen LogP) is 3.03. The van der Waals surface area contributed by atoms with Gasteiger partial charge in [-0.05, 0) is 57.0 Å². The number of benzene rings is 1. The summed E-state index contributed by atoms with van der Waals surface area (Å²) in [6, 6.07) is 4.23. The molecule has 1 saturated heterocycles. The zero-order valence-corrected chi connectivity index (χ0v) is 12.9. The molecule has 0 bridgehead atoms. The van der Waals surface area contributed by atoms with Crippen molar-refractivity contribution in [1.29, 1.82) is 0 Å². The summed E-state index contributed by atoms with van der Waals surface area (Å²) < 4.78 is 19.3. The maximum Gasteiger partial charge on any atom is 0.126 e. The van der Waals surface area contributed by atoms with Crippen LogP contribution in [0.25, 0.3) is 0 Å². The molecule has 20 heavy (non-hydrogen) atoms. The molecule has 4 heteroatoms. The minimum absolute atomic E-state index is 0.127. The summed E-state index contributed by atoms with van der Waals surface area (Å²) in [6.07, 6.45) is 2.06. The number of ether oxygens (including phenoxy) is 1. The van der Waals surface area contributed by atoms with Crippen molar-refractivity contribution in [1.82, 2.24) is 5.32 Å². The molecule has 1 aromatic rings. The highest BCUT2D eigenvalue weighted by Crippen LogP contribution is 2.31. The van der Waals surface area contributed by atoms with E-state index in [1.165, 1.54) is 0 Å². The van der Waals surface area contributed by atoms with E-state index in [4.69, 9.17) is 4.74 Å². The SMILES string of the molecule is CNC(C)c1cc(F)c(C)cc1N(C)C1CCOCC1. The number of aryl methyl sites for hydroxylation is 1. The molecule has 0 aliphatic carbocycles. The van der Waals surface area contributed by atoms with Crippen molar-refractivity contribution in [2.24, 2.45) is 0 Å². The van der Waals surface area contributed by atoms with Crippen LogP contribution in [0.15, 0.2) is 12.1 Å². The Balaban J connectivity index is 2.34. The Hall–Kier alpha value is -1.13. The number of anilines is 1. The van der Waals surface area contributed by atoms with Gasteiger partial charge in [0.25, 0.3) is 0 Å². The van der Waals surface area contributed by atoms with Crippen LogP contribution in [0, 0.1) is 12.7 Å². The van der Waals surface area contributed by atoms with E-state index in [-0.39, 0.29) is 11.9 Å². The van der Waals surface area contributed by atoms with Crippen molar-refractivity contribution < 1.29 is 9.13 Å². The van der Waals surface area contributed by atoms with Gasteiger partial charge in [0.15, 0.2) is 0 Å². The molecule has 0 amide bonds. The zero-order chi connectivity index (χ0) is 14.7. The highest BCUT2D eigenvalue weighted by atomic mass is 19.1. The fraction of sp³-hybridized carbons (Fsp3) is 0.625. The van der Waals surface area contributed by atoms with Crippen LogP contribution in [0.2, 0.25) is 0 Å². The molecule has 3 nitrogen and oxygen atoms in total. The number of hydrogen-bond acceptors (Lipinski definition) is 3. The second-order valence-electron chi connectivity index (χ2n) is 5.63. The third-order valence-corrected chi connectivity index (χ3v) is 4.33. The predicted molar refractivity (Wildman–Crippen MR) is 80.9 cm³/mol. The third-order valence-electron chi connectivity index (χ3n) is 4.33. The summed E-state index contributed by atoms with van der Waals surface area (Å²) in [5.74, 6) is -0.133. The first-order valence-corrected chi connectivity index (χ1v) is 7.32. The van der Waals surface area contributed by atoms with Gasteiger partial charge in [0.05, 0.1) is 0 Å². The van der Waals surface area contributed by atoms with Gasteiger partial charge < -0.3 is 15.0 Å². The van der Waals surface area contributed by atoms with Crippen LogP contribution in [0.1, 0.15) is 36.9 Å². The van der Waals surface area contributed by atoms with Crippen molar-refractivity contribution >= 4 is 5.69 Å². The number of nitrogens with zero attached hydrogens (tertiary/aromatic N) is 1. The largest absolute Gasteiger partial charge is 0.381 e. The van der Waals surface area contributed by atoms with E-state index in [9.17, 15) is 4.39 Å². The minimum atomic E-state index is -0.133. The average Bonchev–Trinajstić information content (AvgIpc) is 2.49. The number of halogens is 1. The Morgan fingerprint density at radius 1 is 1.35 bits per heavy atom. The number of hydrogen-bond donors (Lipinski definition) is 1. The van der Waals surface area contributed by atoms with Crippen LogP contribution in [0.3, 0.4) is 0 Å². The molecule has 1 aliphatic heterocycles. The normalized spacial score (nSPS) is 18.1. The van der Waals surface area contributed by atoms with Crippen LogP contribution in [0.4, 0.5) is 10.1 Å². The van der Waals surface area contributed by atoms with E-state index in [1.54, 1.807) is 6.07 Å². The first kappa shape index (κ1) is 15.3. The van der Waals surface area contributed by atoms with Crippen LogP contribution in [-0.4, -0.2) is 33.4 Å². The van der Waals surface area contributed by atoms with E-state index in [2.05, 4.69) is 24.2 Å². The molecule has 0 spiro atoms. The lowest BCUT2D eigenvalue weighted by molar-refractivity contribution is 0.0854. The van der Waals surface area contributed by atoms with Gasteiger partial charge >= 0.3 is 0 Å². The average molecular weight is 280 g/mol. The van der Waals surface area contributed by atoms with Gasteiger partial charge in [-0.25, -0.2) is 4.39 Å². The van der Waals surface area contributed by atoms with Gasteiger partial charge in [0, 0.05) is 38.0 Å². The highest BCUT2D eigenvalue weighted by molar-refractivity contribution is 5.57. The standard InChI is InChI=1S/C16H25FN2O/c1-11-9-16(14(10-15(11)17)12(2)18-3)19(4)13-5-7-20-8-6-13/h9-10,12-13,18H,5-8H2,1-4H3. The Morgan fingerprint density at radius 3 is 2.60 bits per heavy atom. The van der Waals surface area contributed by atoms with Crippen LogP contribution >= 0.6 is 0 Å². The van der Waals surface area contributed by atoms with Crippen LogP contribution in [0.5, 0.6) is 0 Å². The molecular formula is C16H25FN2O. The van der Waals surface area contributed by atoms with Crippen LogP contribution < -0.4 is 10.2 Å².